The first-order valence-electron chi connectivity index (χ1n) is 5.52. The molecule has 0 bridgehead atoms. The van der Waals surface area contributed by atoms with Gasteiger partial charge < -0.3 is 4.90 Å². The van der Waals surface area contributed by atoms with Crippen LogP contribution in [-0.2, 0) is 0 Å². The average molecular weight is 169 g/mol. The van der Waals surface area contributed by atoms with Crippen LogP contribution in [0.3, 0.4) is 0 Å². The molecule has 0 aromatic rings. The van der Waals surface area contributed by atoms with Crippen LogP contribution in [0.25, 0.3) is 0 Å². The molecule has 0 spiro atoms. The molecule has 1 saturated carbocycles. The second kappa shape index (κ2) is 4.86. The summed E-state index contributed by atoms with van der Waals surface area (Å²) in [7, 11) is 0. The van der Waals surface area contributed by atoms with E-state index in [9.17, 15) is 0 Å². The first kappa shape index (κ1) is 10.0. The minimum absolute atomic E-state index is 0.892. The molecule has 72 valence electrons. The Balaban J connectivity index is 2.38. The molecule has 1 fully saturated rings. The van der Waals surface area contributed by atoms with Crippen molar-refractivity contribution in [1.29, 1.82) is 0 Å². The second-order valence-corrected chi connectivity index (χ2v) is 4.15. The molecule has 2 atom stereocenters. The first-order chi connectivity index (χ1) is 5.77. The van der Waals surface area contributed by atoms with Gasteiger partial charge in [0, 0.05) is 6.04 Å². The Kier molecular flexibility index (Phi) is 4.07. The summed E-state index contributed by atoms with van der Waals surface area (Å²) in [6.07, 6.45) is 5.77. The lowest BCUT2D eigenvalue weighted by molar-refractivity contribution is 0.147. The molecule has 0 aliphatic heterocycles. The fourth-order valence-corrected chi connectivity index (χ4v) is 2.47. The summed E-state index contributed by atoms with van der Waals surface area (Å²) < 4.78 is 0. The van der Waals surface area contributed by atoms with Crippen LogP contribution >= 0.6 is 0 Å². The van der Waals surface area contributed by atoms with Crippen LogP contribution in [0.2, 0.25) is 0 Å². The van der Waals surface area contributed by atoms with Gasteiger partial charge in [-0.05, 0) is 31.8 Å². The van der Waals surface area contributed by atoms with Gasteiger partial charge in [-0.1, -0.05) is 33.6 Å². The number of nitrogens with zero attached hydrogens (tertiary/aromatic N) is 1. The molecule has 1 nitrogen and oxygen atoms in total. The van der Waals surface area contributed by atoms with Crippen molar-refractivity contribution in [1.82, 2.24) is 4.90 Å². The van der Waals surface area contributed by atoms with E-state index in [1.807, 2.05) is 0 Å². The second-order valence-electron chi connectivity index (χ2n) is 4.15. The van der Waals surface area contributed by atoms with Gasteiger partial charge in [0.25, 0.3) is 0 Å². The molecule has 0 aromatic carbocycles. The van der Waals surface area contributed by atoms with Crippen LogP contribution in [0.15, 0.2) is 0 Å². The normalized spacial score (nSPS) is 31.0. The molecule has 1 aliphatic rings. The Bertz CT molecular complexity index is 118. The molecule has 1 aliphatic carbocycles. The summed E-state index contributed by atoms with van der Waals surface area (Å²) in [6.45, 7) is 9.42. The van der Waals surface area contributed by atoms with Crippen LogP contribution in [0.5, 0.6) is 0 Å². The Labute approximate surface area is 77.1 Å². The van der Waals surface area contributed by atoms with E-state index in [0.29, 0.717) is 0 Å². The Hall–Kier alpha value is -0.0400. The highest BCUT2D eigenvalue weighted by molar-refractivity contribution is 4.77. The highest BCUT2D eigenvalue weighted by Crippen LogP contribution is 2.26. The van der Waals surface area contributed by atoms with E-state index in [1.165, 1.54) is 38.8 Å². The van der Waals surface area contributed by atoms with Crippen LogP contribution in [0.4, 0.5) is 0 Å². The van der Waals surface area contributed by atoms with E-state index in [-0.39, 0.29) is 0 Å². The number of rotatable bonds is 3. The van der Waals surface area contributed by atoms with Crippen LogP contribution < -0.4 is 0 Å². The van der Waals surface area contributed by atoms with E-state index < -0.39 is 0 Å². The number of hydrogen-bond acceptors (Lipinski definition) is 1. The molecule has 0 aromatic heterocycles. The molecule has 0 heterocycles. The van der Waals surface area contributed by atoms with Gasteiger partial charge in [0.2, 0.25) is 0 Å². The highest BCUT2D eigenvalue weighted by atomic mass is 15.1. The summed E-state index contributed by atoms with van der Waals surface area (Å²) in [5.74, 6) is 0.962. The molecule has 1 heteroatoms. The third-order valence-electron chi connectivity index (χ3n) is 3.24. The lowest BCUT2D eigenvalue weighted by Gasteiger charge is -2.35. The van der Waals surface area contributed by atoms with Crippen LogP contribution in [-0.4, -0.2) is 24.0 Å². The molecular weight excluding hydrogens is 146 g/mol. The molecule has 0 amide bonds. The van der Waals surface area contributed by atoms with E-state index in [1.54, 1.807) is 0 Å². The van der Waals surface area contributed by atoms with E-state index in [0.717, 1.165) is 12.0 Å². The zero-order chi connectivity index (χ0) is 8.97. The monoisotopic (exact) mass is 169 g/mol. The molecule has 0 radical (unpaired) electrons. The van der Waals surface area contributed by atoms with Crippen LogP contribution in [0.1, 0.15) is 46.5 Å². The maximum atomic E-state index is 2.62. The SMILES string of the molecule is CCN(CC)[C@@H]1CCCC(C)C1. The van der Waals surface area contributed by atoms with Gasteiger partial charge in [0.15, 0.2) is 0 Å². The Morgan fingerprint density at radius 3 is 2.33 bits per heavy atom. The van der Waals surface area contributed by atoms with Crippen LogP contribution in [0, 0.1) is 5.92 Å². The largest absolute Gasteiger partial charge is 0.301 e. The zero-order valence-corrected chi connectivity index (χ0v) is 8.84. The van der Waals surface area contributed by atoms with E-state index >= 15 is 0 Å². The Morgan fingerprint density at radius 2 is 1.83 bits per heavy atom. The van der Waals surface area contributed by atoms with Gasteiger partial charge in [0.1, 0.15) is 0 Å². The summed E-state index contributed by atoms with van der Waals surface area (Å²) in [6, 6.07) is 0.892. The molecule has 1 rings (SSSR count). The van der Waals surface area contributed by atoms with Gasteiger partial charge in [0.05, 0.1) is 0 Å². The topological polar surface area (TPSA) is 3.24 Å². The van der Waals surface area contributed by atoms with Crippen molar-refractivity contribution >= 4 is 0 Å². The average Bonchev–Trinajstić information content (AvgIpc) is 2.07. The summed E-state index contributed by atoms with van der Waals surface area (Å²) in [4.78, 5) is 2.62. The third kappa shape index (κ3) is 2.48. The first-order valence-corrected chi connectivity index (χ1v) is 5.52. The lowest BCUT2D eigenvalue weighted by Crippen LogP contribution is -2.38. The standard InChI is InChI=1S/C11H23N/c1-4-12(5-2)11-8-6-7-10(3)9-11/h10-11H,4-9H2,1-3H3/t10?,11-/m1/s1. The summed E-state index contributed by atoms with van der Waals surface area (Å²) >= 11 is 0. The minimum atomic E-state index is 0.892. The van der Waals surface area contributed by atoms with Gasteiger partial charge in [-0.15, -0.1) is 0 Å². The van der Waals surface area contributed by atoms with Crippen molar-refractivity contribution in [3.05, 3.63) is 0 Å². The zero-order valence-electron chi connectivity index (χ0n) is 8.84. The van der Waals surface area contributed by atoms with Gasteiger partial charge in [-0.2, -0.15) is 0 Å². The fourth-order valence-electron chi connectivity index (χ4n) is 2.47. The summed E-state index contributed by atoms with van der Waals surface area (Å²) in [5, 5.41) is 0. The van der Waals surface area contributed by atoms with Crippen molar-refractivity contribution < 1.29 is 0 Å². The molecular formula is C11H23N. The van der Waals surface area contributed by atoms with Crippen molar-refractivity contribution in [3.63, 3.8) is 0 Å². The van der Waals surface area contributed by atoms with Crippen molar-refractivity contribution in [2.45, 2.75) is 52.5 Å². The smallest absolute Gasteiger partial charge is 0.00975 e. The van der Waals surface area contributed by atoms with Crippen molar-refractivity contribution in [2.24, 2.45) is 5.92 Å². The van der Waals surface area contributed by atoms with Gasteiger partial charge in [-0.3, -0.25) is 0 Å². The highest BCUT2D eigenvalue weighted by Gasteiger charge is 2.22. The quantitative estimate of drug-likeness (QED) is 0.628. The van der Waals surface area contributed by atoms with Crippen molar-refractivity contribution in [3.8, 4) is 0 Å². The summed E-state index contributed by atoms with van der Waals surface area (Å²) in [5.41, 5.74) is 0. The predicted octanol–water partition coefficient (Wildman–Crippen LogP) is 2.91. The molecule has 12 heavy (non-hydrogen) atoms. The minimum Gasteiger partial charge on any atom is -0.301 e. The molecule has 0 saturated heterocycles. The van der Waals surface area contributed by atoms with Gasteiger partial charge in [-0.25, -0.2) is 0 Å². The molecule has 1 unspecified atom stereocenters. The predicted molar refractivity (Wildman–Crippen MR) is 54.3 cm³/mol. The van der Waals surface area contributed by atoms with Crippen molar-refractivity contribution in [2.75, 3.05) is 13.1 Å². The third-order valence-corrected chi connectivity index (χ3v) is 3.24. The molecule has 0 N–H and O–H groups in total. The Morgan fingerprint density at radius 1 is 1.17 bits per heavy atom. The van der Waals surface area contributed by atoms with E-state index in [2.05, 4.69) is 25.7 Å². The maximum Gasteiger partial charge on any atom is 0.00975 e. The number of hydrogen-bond donors (Lipinski definition) is 0. The maximum absolute atomic E-state index is 2.62. The lowest BCUT2D eigenvalue weighted by atomic mass is 9.86. The van der Waals surface area contributed by atoms with E-state index in [4.69, 9.17) is 0 Å². The van der Waals surface area contributed by atoms with Gasteiger partial charge >= 0.3 is 0 Å². The fraction of sp³-hybridized carbons (Fsp3) is 1.00.